The maximum absolute atomic E-state index is 8.07. The van der Waals surface area contributed by atoms with Gasteiger partial charge in [-0.3, -0.25) is 0 Å². The fourth-order valence-electron chi connectivity index (χ4n) is 1.40. The number of hydrogen-bond donors (Lipinski definition) is 2. The molecule has 1 aromatic heterocycles. The highest BCUT2D eigenvalue weighted by Gasteiger charge is 2.13. The highest BCUT2D eigenvalue weighted by Crippen LogP contribution is 2.17. The third kappa shape index (κ3) is 2.78. The Bertz CT molecular complexity index is 333. The van der Waals surface area contributed by atoms with Crippen LogP contribution in [0.3, 0.4) is 0 Å². The van der Waals surface area contributed by atoms with Gasteiger partial charge in [0.15, 0.2) is 0 Å². The summed E-state index contributed by atoms with van der Waals surface area (Å²) in [7, 11) is 0. The summed E-state index contributed by atoms with van der Waals surface area (Å²) in [6, 6.07) is 3.84. The largest absolute Gasteiger partial charge is 0.370 e. The quantitative estimate of drug-likeness (QED) is 0.726. The van der Waals surface area contributed by atoms with Crippen molar-refractivity contribution in [1.29, 1.82) is 5.41 Å². The Morgan fingerprint density at radius 3 is 2.87 bits per heavy atom. The average molecular weight is 205 g/mol. The zero-order valence-corrected chi connectivity index (χ0v) is 9.67. The number of anilines is 1. The van der Waals surface area contributed by atoms with Crippen molar-refractivity contribution in [1.82, 2.24) is 4.98 Å². The maximum atomic E-state index is 8.07. The second-order valence-electron chi connectivity index (χ2n) is 3.65. The lowest BCUT2D eigenvalue weighted by molar-refractivity contribution is 0.736. The van der Waals surface area contributed by atoms with Crippen LogP contribution in [-0.2, 0) is 0 Å². The summed E-state index contributed by atoms with van der Waals surface area (Å²) < 4.78 is 0. The van der Waals surface area contributed by atoms with Gasteiger partial charge in [0.05, 0.1) is 0 Å². The number of hydrogen-bond acceptors (Lipinski definition) is 3. The van der Waals surface area contributed by atoms with Crippen LogP contribution in [0.15, 0.2) is 18.3 Å². The van der Waals surface area contributed by atoms with Gasteiger partial charge in [0.1, 0.15) is 5.82 Å². The van der Waals surface area contributed by atoms with Gasteiger partial charge in [0.25, 0.3) is 0 Å². The standard InChI is InChI=1S/C12H19N3/c1-4-9(3)11(13)10-7-6-8-15-12(10)14-5-2/h6-9,13H,4-5H2,1-3H3,(H,14,15). The van der Waals surface area contributed by atoms with E-state index >= 15 is 0 Å². The lowest BCUT2D eigenvalue weighted by Gasteiger charge is -2.14. The van der Waals surface area contributed by atoms with Crippen molar-refractivity contribution in [3.63, 3.8) is 0 Å². The molecule has 0 saturated carbocycles. The fraction of sp³-hybridized carbons (Fsp3) is 0.500. The van der Waals surface area contributed by atoms with Gasteiger partial charge >= 0.3 is 0 Å². The molecule has 0 spiro atoms. The Morgan fingerprint density at radius 1 is 1.53 bits per heavy atom. The minimum atomic E-state index is 0.284. The first kappa shape index (κ1) is 11.7. The smallest absolute Gasteiger partial charge is 0.135 e. The lowest BCUT2D eigenvalue weighted by atomic mass is 9.97. The van der Waals surface area contributed by atoms with E-state index in [1.807, 2.05) is 19.1 Å². The molecule has 0 amide bonds. The number of pyridine rings is 1. The van der Waals surface area contributed by atoms with E-state index in [1.165, 1.54) is 0 Å². The van der Waals surface area contributed by atoms with Crippen LogP contribution in [0.2, 0.25) is 0 Å². The Balaban J connectivity index is 2.96. The predicted octanol–water partition coefficient (Wildman–Crippen LogP) is 2.93. The molecule has 3 nitrogen and oxygen atoms in total. The lowest BCUT2D eigenvalue weighted by Crippen LogP contribution is -2.14. The van der Waals surface area contributed by atoms with Crippen LogP contribution in [-0.4, -0.2) is 17.2 Å². The highest BCUT2D eigenvalue weighted by atomic mass is 15.0. The van der Waals surface area contributed by atoms with Crippen molar-refractivity contribution in [2.24, 2.45) is 5.92 Å². The molecule has 82 valence electrons. The first-order valence-electron chi connectivity index (χ1n) is 5.48. The first-order chi connectivity index (χ1) is 7.20. The number of rotatable bonds is 5. The van der Waals surface area contributed by atoms with E-state index in [2.05, 4.69) is 24.1 Å². The maximum Gasteiger partial charge on any atom is 0.135 e. The summed E-state index contributed by atoms with van der Waals surface area (Å²) in [6.07, 6.45) is 2.74. The fourth-order valence-corrected chi connectivity index (χ4v) is 1.40. The number of nitrogens with one attached hydrogen (secondary N) is 2. The summed E-state index contributed by atoms with van der Waals surface area (Å²) in [4.78, 5) is 4.25. The van der Waals surface area contributed by atoms with Crippen LogP contribution >= 0.6 is 0 Å². The van der Waals surface area contributed by atoms with E-state index in [-0.39, 0.29) is 5.92 Å². The molecule has 1 rings (SSSR count). The normalized spacial score (nSPS) is 12.2. The van der Waals surface area contributed by atoms with Crippen molar-refractivity contribution < 1.29 is 0 Å². The van der Waals surface area contributed by atoms with Gasteiger partial charge in [-0.05, 0) is 31.4 Å². The Morgan fingerprint density at radius 2 is 2.27 bits per heavy atom. The van der Waals surface area contributed by atoms with Gasteiger partial charge in [0.2, 0.25) is 0 Å². The van der Waals surface area contributed by atoms with Crippen molar-refractivity contribution in [2.75, 3.05) is 11.9 Å². The molecule has 0 aliphatic heterocycles. The van der Waals surface area contributed by atoms with E-state index in [0.29, 0.717) is 5.71 Å². The minimum Gasteiger partial charge on any atom is -0.370 e. The number of nitrogens with zero attached hydrogens (tertiary/aromatic N) is 1. The van der Waals surface area contributed by atoms with Gasteiger partial charge in [-0.1, -0.05) is 13.8 Å². The van der Waals surface area contributed by atoms with E-state index in [0.717, 1.165) is 24.3 Å². The van der Waals surface area contributed by atoms with Crippen molar-refractivity contribution >= 4 is 11.5 Å². The van der Waals surface area contributed by atoms with Gasteiger partial charge in [0, 0.05) is 24.0 Å². The van der Waals surface area contributed by atoms with E-state index in [1.54, 1.807) is 6.20 Å². The van der Waals surface area contributed by atoms with E-state index in [4.69, 9.17) is 5.41 Å². The van der Waals surface area contributed by atoms with Crippen LogP contribution in [0.1, 0.15) is 32.8 Å². The van der Waals surface area contributed by atoms with Crippen molar-refractivity contribution in [2.45, 2.75) is 27.2 Å². The molecule has 1 heterocycles. The van der Waals surface area contributed by atoms with Crippen LogP contribution in [0.25, 0.3) is 0 Å². The van der Waals surface area contributed by atoms with E-state index < -0.39 is 0 Å². The Hall–Kier alpha value is -1.38. The zero-order chi connectivity index (χ0) is 11.3. The predicted molar refractivity (Wildman–Crippen MR) is 64.7 cm³/mol. The monoisotopic (exact) mass is 205 g/mol. The molecule has 0 bridgehead atoms. The summed E-state index contributed by atoms with van der Waals surface area (Å²) >= 11 is 0. The van der Waals surface area contributed by atoms with Crippen molar-refractivity contribution in [3.05, 3.63) is 23.9 Å². The molecular weight excluding hydrogens is 186 g/mol. The molecule has 2 N–H and O–H groups in total. The summed E-state index contributed by atoms with van der Waals surface area (Å²) in [6.45, 7) is 7.04. The molecule has 0 aromatic carbocycles. The third-order valence-corrected chi connectivity index (χ3v) is 2.55. The number of aromatic nitrogens is 1. The van der Waals surface area contributed by atoms with Gasteiger partial charge in [-0.15, -0.1) is 0 Å². The first-order valence-corrected chi connectivity index (χ1v) is 5.48. The SMILES string of the molecule is CCNc1ncccc1C(=N)C(C)CC. The van der Waals surface area contributed by atoms with Crippen LogP contribution in [0.4, 0.5) is 5.82 Å². The zero-order valence-electron chi connectivity index (χ0n) is 9.67. The van der Waals surface area contributed by atoms with E-state index in [9.17, 15) is 0 Å². The van der Waals surface area contributed by atoms with Gasteiger partial charge in [-0.2, -0.15) is 0 Å². The Kier molecular flexibility index (Phi) is 4.28. The molecule has 0 fully saturated rings. The summed E-state index contributed by atoms with van der Waals surface area (Å²) in [5, 5.41) is 11.3. The molecule has 1 atom stereocenters. The van der Waals surface area contributed by atoms with Gasteiger partial charge < -0.3 is 10.7 Å². The minimum absolute atomic E-state index is 0.284. The van der Waals surface area contributed by atoms with Crippen LogP contribution in [0.5, 0.6) is 0 Å². The average Bonchev–Trinajstić information content (AvgIpc) is 2.28. The summed E-state index contributed by atoms with van der Waals surface area (Å²) in [5.74, 6) is 1.11. The molecule has 0 aliphatic carbocycles. The molecule has 0 aliphatic rings. The van der Waals surface area contributed by atoms with Crippen LogP contribution < -0.4 is 5.32 Å². The molecule has 3 heteroatoms. The summed E-state index contributed by atoms with van der Waals surface area (Å²) in [5.41, 5.74) is 1.59. The second kappa shape index (κ2) is 5.49. The second-order valence-corrected chi connectivity index (χ2v) is 3.65. The van der Waals surface area contributed by atoms with Crippen molar-refractivity contribution in [3.8, 4) is 0 Å². The Labute approximate surface area is 91.4 Å². The third-order valence-electron chi connectivity index (χ3n) is 2.55. The highest BCUT2D eigenvalue weighted by molar-refractivity contribution is 6.03. The molecule has 0 radical (unpaired) electrons. The molecule has 1 unspecified atom stereocenters. The van der Waals surface area contributed by atoms with Gasteiger partial charge in [-0.25, -0.2) is 4.98 Å². The molecule has 15 heavy (non-hydrogen) atoms. The molecule has 1 aromatic rings. The molecule has 0 saturated heterocycles. The van der Waals surface area contributed by atoms with Crippen LogP contribution in [0, 0.1) is 11.3 Å². The topological polar surface area (TPSA) is 48.8 Å². The molecular formula is C12H19N3.